The Morgan fingerprint density at radius 3 is 2.29 bits per heavy atom. The van der Waals surface area contributed by atoms with Crippen molar-refractivity contribution in [2.24, 2.45) is 0 Å². The van der Waals surface area contributed by atoms with Crippen LogP contribution in [0, 0.1) is 6.92 Å². The number of carbonyl (C=O) groups is 1. The van der Waals surface area contributed by atoms with Crippen molar-refractivity contribution in [3.05, 3.63) is 59.2 Å². The molecule has 0 spiro atoms. The zero-order valence-electron chi connectivity index (χ0n) is 16.9. The number of methoxy groups -OCH3 is 1. The summed E-state index contributed by atoms with van der Waals surface area (Å²) in [6, 6.07) is 12.2. The Kier molecular flexibility index (Phi) is 6.85. The van der Waals surface area contributed by atoms with Gasteiger partial charge in [0.1, 0.15) is 12.4 Å². The number of nitrogens with one attached hydrogen (secondary N) is 1. The van der Waals surface area contributed by atoms with E-state index in [1.165, 1.54) is 24.8 Å². The second-order valence-electron chi connectivity index (χ2n) is 7.49. The zero-order valence-corrected chi connectivity index (χ0v) is 17.7. The monoisotopic (exact) mass is 405 g/mol. The summed E-state index contributed by atoms with van der Waals surface area (Å²) in [7, 11) is -2.52. The number of rotatable bonds is 7. The van der Waals surface area contributed by atoms with Crippen LogP contribution in [0.2, 0.25) is 0 Å². The maximum atomic E-state index is 12.6. The molecule has 0 aliphatic carbocycles. The molecule has 0 aromatic heterocycles. The molecule has 28 heavy (non-hydrogen) atoms. The Morgan fingerprint density at radius 1 is 1.07 bits per heavy atom. The smallest absolute Gasteiger partial charge is 0.337 e. The lowest BCUT2D eigenvalue weighted by atomic mass is 9.87. The summed E-state index contributed by atoms with van der Waals surface area (Å²) in [6.45, 7) is 8.36. The molecular weight excluding hydrogens is 378 g/mol. The van der Waals surface area contributed by atoms with Gasteiger partial charge in [0.25, 0.3) is 0 Å². The second-order valence-corrected chi connectivity index (χ2v) is 9.23. The normalized spacial score (nSPS) is 11.9. The molecule has 7 heteroatoms. The van der Waals surface area contributed by atoms with E-state index in [9.17, 15) is 13.2 Å². The maximum Gasteiger partial charge on any atom is 0.337 e. The molecule has 0 radical (unpaired) electrons. The number of hydrogen-bond donors (Lipinski definition) is 1. The van der Waals surface area contributed by atoms with E-state index in [0.29, 0.717) is 11.3 Å². The van der Waals surface area contributed by atoms with Crippen molar-refractivity contribution in [1.82, 2.24) is 4.72 Å². The predicted octanol–water partition coefficient (Wildman–Crippen LogP) is 3.44. The van der Waals surface area contributed by atoms with Crippen LogP contribution in [-0.2, 0) is 20.2 Å². The minimum absolute atomic E-state index is 0.0462. The minimum atomic E-state index is -3.77. The molecule has 0 heterocycles. The highest BCUT2D eigenvalue weighted by Gasteiger charge is 2.19. The molecule has 2 aromatic carbocycles. The summed E-state index contributed by atoms with van der Waals surface area (Å²) < 4.78 is 37.9. The van der Waals surface area contributed by atoms with E-state index in [4.69, 9.17) is 4.74 Å². The summed E-state index contributed by atoms with van der Waals surface area (Å²) in [5.41, 5.74) is 1.98. The van der Waals surface area contributed by atoms with Gasteiger partial charge in [0, 0.05) is 6.54 Å². The highest BCUT2D eigenvalue weighted by Crippen LogP contribution is 2.24. The standard InChI is InChI=1S/C21H27NO5S/c1-15-6-7-16(20(23)26-5)14-19(15)28(24,25)22-12-13-27-18-10-8-17(9-11-18)21(2,3)4/h6-11,14,22H,12-13H2,1-5H3. The lowest BCUT2D eigenvalue weighted by Crippen LogP contribution is -2.29. The van der Waals surface area contributed by atoms with Gasteiger partial charge in [-0.1, -0.05) is 39.0 Å². The number of carbonyl (C=O) groups excluding carboxylic acids is 1. The van der Waals surface area contributed by atoms with E-state index in [2.05, 4.69) is 30.2 Å². The number of aryl methyl sites for hydroxylation is 1. The van der Waals surface area contributed by atoms with E-state index in [1.54, 1.807) is 13.0 Å². The predicted molar refractivity (Wildman–Crippen MR) is 108 cm³/mol. The Labute approximate surface area is 166 Å². The fourth-order valence-electron chi connectivity index (χ4n) is 2.61. The molecule has 2 aromatic rings. The highest BCUT2D eigenvalue weighted by molar-refractivity contribution is 7.89. The maximum absolute atomic E-state index is 12.6. The number of esters is 1. The molecule has 0 atom stereocenters. The Balaban J connectivity index is 1.98. The van der Waals surface area contributed by atoms with Gasteiger partial charge in [0.2, 0.25) is 10.0 Å². The van der Waals surface area contributed by atoms with Crippen LogP contribution >= 0.6 is 0 Å². The average molecular weight is 406 g/mol. The third kappa shape index (κ3) is 5.56. The Morgan fingerprint density at radius 2 is 1.71 bits per heavy atom. The van der Waals surface area contributed by atoms with Gasteiger partial charge >= 0.3 is 5.97 Å². The van der Waals surface area contributed by atoms with E-state index >= 15 is 0 Å². The average Bonchev–Trinajstić information content (AvgIpc) is 2.64. The summed E-state index contributed by atoms with van der Waals surface area (Å²) >= 11 is 0. The molecular formula is C21H27NO5S. The molecule has 0 aliphatic heterocycles. The summed E-state index contributed by atoms with van der Waals surface area (Å²) in [5.74, 6) is 0.0922. The molecule has 0 saturated heterocycles. The van der Waals surface area contributed by atoms with Crippen molar-refractivity contribution in [3.63, 3.8) is 0 Å². The Bertz CT molecular complexity index is 928. The van der Waals surface area contributed by atoms with Crippen LogP contribution in [0.5, 0.6) is 5.75 Å². The van der Waals surface area contributed by atoms with Crippen LogP contribution in [0.3, 0.4) is 0 Å². The number of ether oxygens (including phenoxy) is 2. The van der Waals surface area contributed by atoms with E-state index in [1.807, 2.05) is 24.3 Å². The molecule has 0 amide bonds. The quantitative estimate of drug-likeness (QED) is 0.564. The molecule has 1 N–H and O–H groups in total. The largest absolute Gasteiger partial charge is 0.492 e. The van der Waals surface area contributed by atoms with Crippen molar-refractivity contribution >= 4 is 16.0 Å². The third-order valence-corrected chi connectivity index (χ3v) is 5.88. The molecule has 0 unspecified atom stereocenters. The van der Waals surface area contributed by atoms with Crippen LogP contribution in [0.4, 0.5) is 0 Å². The van der Waals surface area contributed by atoms with E-state index < -0.39 is 16.0 Å². The van der Waals surface area contributed by atoms with Gasteiger partial charge in [0.15, 0.2) is 0 Å². The van der Waals surface area contributed by atoms with Gasteiger partial charge < -0.3 is 9.47 Å². The lowest BCUT2D eigenvalue weighted by molar-refractivity contribution is 0.0600. The number of benzene rings is 2. The molecule has 6 nitrogen and oxygen atoms in total. The van der Waals surface area contributed by atoms with Gasteiger partial charge in [-0.25, -0.2) is 17.9 Å². The van der Waals surface area contributed by atoms with Crippen LogP contribution < -0.4 is 9.46 Å². The SMILES string of the molecule is COC(=O)c1ccc(C)c(S(=O)(=O)NCCOc2ccc(C(C)(C)C)cc2)c1. The topological polar surface area (TPSA) is 81.7 Å². The van der Waals surface area contributed by atoms with Gasteiger partial charge in [-0.2, -0.15) is 0 Å². The highest BCUT2D eigenvalue weighted by atomic mass is 32.2. The van der Waals surface area contributed by atoms with Crippen LogP contribution in [-0.4, -0.2) is 34.6 Å². The van der Waals surface area contributed by atoms with E-state index in [-0.39, 0.29) is 29.0 Å². The van der Waals surface area contributed by atoms with Crippen LogP contribution in [0.25, 0.3) is 0 Å². The first-order valence-electron chi connectivity index (χ1n) is 8.96. The molecule has 0 bridgehead atoms. The second kappa shape index (κ2) is 8.75. The van der Waals surface area contributed by atoms with Crippen LogP contribution in [0.1, 0.15) is 42.3 Å². The first-order valence-corrected chi connectivity index (χ1v) is 10.4. The summed E-state index contributed by atoms with van der Waals surface area (Å²) in [6.07, 6.45) is 0. The molecule has 2 rings (SSSR count). The van der Waals surface area contributed by atoms with E-state index in [0.717, 1.165) is 0 Å². The first kappa shape index (κ1) is 21.9. The minimum Gasteiger partial charge on any atom is -0.492 e. The molecule has 0 saturated carbocycles. The molecule has 0 fully saturated rings. The van der Waals surface area contributed by atoms with Crippen molar-refractivity contribution in [2.45, 2.75) is 38.0 Å². The van der Waals surface area contributed by atoms with Crippen LogP contribution in [0.15, 0.2) is 47.4 Å². The van der Waals surface area contributed by atoms with Gasteiger partial charge in [0.05, 0.1) is 17.6 Å². The van der Waals surface area contributed by atoms with Crippen molar-refractivity contribution in [2.75, 3.05) is 20.3 Å². The summed E-state index contributed by atoms with van der Waals surface area (Å²) in [5, 5.41) is 0. The zero-order chi connectivity index (χ0) is 20.9. The van der Waals surface area contributed by atoms with Gasteiger partial charge in [-0.3, -0.25) is 0 Å². The molecule has 152 valence electrons. The third-order valence-electron chi connectivity index (χ3n) is 4.28. The fraction of sp³-hybridized carbons (Fsp3) is 0.381. The Hall–Kier alpha value is -2.38. The lowest BCUT2D eigenvalue weighted by Gasteiger charge is -2.19. The van der Waals surface area contributed by atoms with Gasteiger partial charge in [-0.15, -0.1) is 0 Å². The van der Waals surface area contributed by atoms with Crippen molar-refractivity contribution in [3.8, 4) is 5.75 Å². The fourth-order valence-corrected chi connectivity index (χ4v) is 3.89. The first-order chi connectivity index (χ1) is 13.0. The molecule has 0 aliphatic rings. The number of sulfonamides is 1. The van der Waals surface area contributed by atoms with Crippen molar-refractivity contribution in [1.29, 1.82) is 0 Å². The van der Waals surface area contributed by atoms with Gasteiger partial charge in [-0.05, 0) is 47.7 Å². The summed E-state index contributed by atoms with van der Waals surface area (Å²) in [4.78, 5) is 11.7. The van der Waals surface area contributed by atoms with Crippen molar-refractivity contribution < 1.29 is 22.7 Å². The number of hydrogen-bond acceptors (Lipinski definition) is 5.